The van der Waals surface area contributed by atoms with Gasteiger partial charge in [-0.05, 0) is 6.42 Å². The maximum atomic E-state index is 10.3. The molecule has 0 aliphatic carbocycles. The zero-order chi connectivity index (χ0) is 8.97. The van der Waals surface area contributed by atoms with Gasteiger partial charge in [-0.1, -0.05) is 13.3 Å². The van der Waals surface area contributed by atoms with Crippen LogP contribution in [0.1, 0.15) is 24.9 Å². The van der Waals surface area contributed by atoms with Crippen LogP contribution in [-0.2, 0) is 17.6 Å². The first-order chi connectivity index (χ1) is 5.72. The van der Waals surface area contributed by atoms with Crippen LogP contribution in [0.5, 0.6) is 0 Å². The second-order valence-electron chi connectivity index (χ2n) is 2.68. The number of aryl methyl sites for hydroxylation is 1. The molecule has 0 atom stereocenters. The van der Waals surface area contributed by atoms with E-state index >= 15 is 0 Å². The zero-order valence-corrected chi connectivity index (χ0v) is 7.00. The highest BCUT2D eigenvalue weighted by molar-refractivity contribution is 5.68. The molecule has 0 radical (unpaired) electrons. The number of rotatable bonds is 4. The number of carboxylic acids is 1. The summed E-state index contributed by atoms with van der Waals surface area (Å²) in [7, 11) is 0. The topological polar surface area (TPSA) is 66.0 Å². The van der Waals surface area contributed by atoms with Crippen LogP contribution in [0.3, 0.4) is 0 Å². The molecule has 1 aromatic heterocycles. The first-order valence-electron chi connectivity index (χ1n) is 3.97. The van der Waals surface area contributed by atoms with Gasteiger partial charge < -0.3 is 10.1 Å². The molecule has 1 heterocycles. The quantitative estimate of drug-likeness (QED) is 0.704. The summed E-state index contributed by atoms with van der Waals surface area (Å²) >= 11 is 0. The van der Waals surface area contributed by atoms with Crippen molar-refractivity contribution in [3.05, 3.63) is 17.7 Å². The Labute approximate surface area is 70.6 Å². The normalized spacial score (nSPS) is 10.1. The van der Waals surface area contributed by atoms with E-state index in [2.05, 4.69) is 16.9 Å². The minimum Gasteiger partial charge on any atom is -0.481 e. The van der Waals surface area contributed by atoms with Gasteiger partial charge in [-0.2, -0.15) is 0 Å². The van der Waals surface area contributed by atoms with Crippen LogP contribution in [0.4, 0.5) is 0 Å². The fourth-order valence-corrected chi connectivity index (χ4v) is 1.04. The third kappa shape index (κ3) is 2.38. The molecule has 0 saturated carbocycles. The number of hydrogen-bond donors (Lipinski definition) is 2. The summed E-state index contributed by atoms with van der Waals surface area (Å²) in [6.07, 6.45) is 3.63. The number of nitrogens with one attached hydrogen (secondary N) is 1. The Bertz CT molecular complexity index is 268. The molecule has 0 saturated heterocycles. The van der Waals surface area contributed by atoms with Crippen LogP contribution in [-0.4, -0.2) is 21.0 Å². The van der Waals surface area contributed by atoms with Crippen molar-refractivity contribution in [1.29, 1.82) is 0 Å². The lowest BCUT2D eigenvalue weighted by Crippen LogP contribution is -2.01. The van der Waals surface area contributed by atoms with Gasteiger partial charge in [-0.25, -0.2) is 4.98 Å². The van der Waals surface area contributed by atoms with E-state index in [-0.39, 0.29) is 6.42 Å². The molecular weight excluding hydrogens is 156 g/mol. The number of nitrogens with zero attached hydrogens (tertiary/aromatic N) is 1. The first kappa shape index (κ1) is 8.77. The van der Waals surface area contributed by atoms with E-state index in [0.717, 1.165) is 18.5 Å². The Kier molecular flexibility index (Phi) is 2.85. The second kappa shape index (κ2) is 3.90. The van der Waals surface area contributed by atoms with Crippen molar-refractivity contribution in [3.63, 3.8) is 0 Å². The highest BCUT2D eigenvalue weighted by Gasteiger charge is 2.03. The van der Waals surface area contributed by atoms with E-state index < -0.39 is 5.97 Å². The van der Waals surface area contributed by atoms with Gasteiger partial charge in [0.25, 0.3) is 0 Å². The van der Waals surface area contributed by atoms with Gasteiger partial charge in [0.15, 0.2) is 0 Å². The standard InChI is InChI=1S/C8H12N2O2/c1-2-3-6-5-9-7(10-6)4-8(11)12/h5H,2-4H2,1H3,(H,9,10)(H,11,12). The van der Waals surface area contributed by atoms with Crippen molar-refractivity contribution >= 4 is 5.97 Å². The monoisotopic (exact) mass is 168 g/mol. The van der Waals surface area contributed by atoms with Crippen molar-refractivity contribution in [2.45, 2.75) is 26.2 Å². The van der Waals surface area contributed by atoms with Gasteiger partial charge in [-0.3, -0.25) is 4.79 Å². The fourth-order valence-electron chi connectivity index (χ4n) is 1.04. The van der Waals surface area contributed by atoms with Crippen LogP contribution < -0.4 is 0 Å². The molecule has 66 valence electrons. The van der Waals surface area contributed by atoms with Crippen LogP contribution in [0, 0.1) is 0 Å². The van der Waals surface area contributed by atoms with Gasteiger partial charge in [0, 0.05) is 11.9 Å². The Balaban J connectivity index is 2.58. The van der Waals surface area contributed by atoms with Crippen molar-refractivity contribution in [2.24, 2.45) is 0 Å². The molecule has 4 nitrogen and oxygen atoms in total. The van der Waals surface area contributed by atoms with Crippen molar-refractivity contribution in [3.8, 4) is 0 Å². The molecule has 0 aliphatic heterocycles. The molecule has 1 aromatic rings. The van der Waals surface area contributed by atoms with Crippen molar-refractivity contribution in [1.82, 2.24) is 9.97 Å². The highest BCUT2D eigenvalue weighted by atomic mass is 16.4. The number of carbonyl (C=O) groups is 1. The average molecular weight is 168 g/mol. The predicted molar refractivity (Wildman–Crippen MR) is 43.9 cm³/mol. The van der Waals surface area contributed by atoms with Gasteiger partial charge >= 0.3 is 5.97 Å². The molecule has 12 heavy (non-hydrogen) atoms. The molecule has 2 N–H and O–H groups in total. The number of aliphatic carboxylic acids is 1. The smallest absolute Gasteiger partial charge is 0.311 e. The Morgan fingerprint density at radius 3 is 3.08 bits per heavy atom. The molecule has 0 fully saturated rings. The lowest BCUT2D eigenvalue weighted by molar-refractivity contribution is -0.136. The minimum absolute atomic E-state index is 0.0241. The van der Waals surface area contributed by atoms with Gasteiger partial charge in [0.05, 0.1) is 0 Å². The molecule has 0 unspecified atom stereocenters. The van der Waals surface area contributed by atoms with Crippen molar-refractivity contribution < 1.29 is 9.90 Å². The summed E-state index contributed by atoms with van der Waals surface area (Å²) in [6.45, 7) is 2.07. The molecule has 0 spiro atoms. The molecular formula is C8H12N2O2. The van der Waals surface area contributed by atoms with Crippen LogP contribution in [0.2, 0.25) is 0 Å². The van der Waals surface area contributed by atoms with E-state index in [0.29, 0.717) is 5.82 Å². The molecule has 1 rings (SSSR count). The first-order valence-corrected chi connectivity index (χ1v) is 3.97. The van der Waals surface area contributed by atoms with Crippen LogP contribution >= 0.6 is 0 Å². The summed E-state index contributed by atoms with van der Waals surface area (Å²) < 4.78 is 0. The maximum absolute atomic E-state index is 10.3. The molecule has 0 amide bonds. The lowest BCUT2D eigenvalue weighted by Gasteiger charge is -1.90. The van der Waals surface area contributed by atoms with Gasteiger partial charge in [0.2, 0.25) is 0 Å². The molecule has 0 bridgehead atoms. The summed E-state index contributed by atoms with van der Waals surface area (Å²) in [5.41, 5.74) is 1.01. The third-order valence-electron chi connectivity index (χ3n) is 1.52. The summed E-state index contributed by atoms with van der Waals surface area (Å²) in [4.78, 5) is 17.2. The molecule has 0 aromatic carbocycles. The Morgan fingerprint density at radius 1 is 1.75 bits per heavy atom. The summed E-state index contributed by atoms with van der Waals surface area (Å²) in [6, 6.07) is 0. The highest BCUT2D eigenvalue weighted by Crippen LogP contribution is 2.00. The minimum atomic E-state index is -0.854. The second-order valence-corrected chi connectivity index (χ2v) is 2.68. The van der Waals surface area contributed by atoms with Gasteiger partial charge in [-0.15, -0.1) is 0 Å². The number of H-pyrrole nitrogens is 1. The number of aromatic nitrogens is 2. The van der Waals surface area contributed by atoms with E-state index in [1.54, 1.807) is 6.20 Å². The lowest BCUT2D eigenvalue weighted by atomic mass is 10.3. The summed E-state index contributed by atoms with van der Waals surface area (Å²) in [5.74, 6) is -0.321. The van der Waals surface area contributed by atoms with Gasteiger partial charge in [0.1, 0.15) is 12.2 Å². The maximum Gasteiger partial charge on any atom is 0.311 e. The van der Waals surface area contributed by atoms with E-state index in [1.165, 1.54) is 0 Å². The number of carboxylic acid groups (broad SMARTS) is 1. The fraction of sp³-hybridized carbons (Fsp3) is 0.500. The van der Waals surface area contributed by atoms with Crippen LogP contribution in [0.15, 0.2) is 6.20 Å². The zero-order valence-electron chi connectivity index (χ0n) is 7.00. The Morgan fingerprint density at radius 2 is 2.50 bits per heavy atom. The largest absolute Gasteiger partial charge is 0.481 e. The molecule has 4 heteroatoms. The van der Waals surface area contributed by atoms with E-state index in [4.69, 9.17) is 5.11 Å². The van der Waals surface area contributed by atoms with Crippen LogP contribution in [0.25, 0.3) is 0 Å². The third-order valence-corrected chi connectivity index (χ3v) is 1.52. The number of aromatic amines is 1. The summed E-state index contributed by atoms with van der Waals surface area (Å²) in [5, 5.41) is 8.45. The van der Waals surface area contributed by atoms with Crippen molar-refractivity contribution in [2.75, 3.05) is 0 Å². The number of hydrogen-bond acceptors (Lipinski definition) is 2. The van der Waals surface area contributed by atoms with E-state index in [1.807, 2.05) is 0 Å². The average Bonchev–Trinajstić information content (AvgIpc) is 2.36. The molecule has 0 aliphatic rings. The Hall–Kier alpha value is -1.32. The predicted octanol–water partition coefficient (Wildman–Crippen LogP) is 0.989. The SMILES string of the molecule is CCCc1cnc(CC(=O)O)[nH]1. The number of imidazole rings is 1. The van der Waals surface area contributed by atoms with E-state index in [9.17, 15) is 4.79 Å².